The molecule has 0 spiro atoms. The monoisotopic (exact) mass is 301 g/mol. The number of hydrogen-bond acceptors (Lipinski definition) is 3. The van der Waals surface area contributed by atoms with Crippen molar-refractivity contribution in [2.24, 2.45) is 0 Å². The molecule has 1 aliphatic rings. The van der Waals surface area contributed by atoms with Crippen molar-refractivity contribution in [1.82, 2.24) is 9.97 Å². The summed E-state index contributed by atoms with van der Waals surface area (Å²) in [4.78, 5) is 9.07. The summed E-state index contributed by atoms with van der Waals surface area (Å²) in [6.45, 7) is 6.19. The Balaban J connectivity index is 1.84. The highest BCUT2D eigenvalue weighted by atomic mass is 35.5. The van der Waals surface area contributed by atoms with Crippen molar-refractivity contribution in [3.05, 3.63) is 51.9 Å². The van der Waals surface area contributed by atoms with E-state index in [9.17, 15) is 0 Å². The van der Waals surface area contributed by atoms with E-state index in [1.165, 1.54) is 24.0 Å². The third-order valence-electron chi connectivity index (χ3n) is 3.98. The van der Waals surface area contributed by atoms with Crippen LogP contribution < -0.4 is 5.32 Å². The molecule has 3 nitrogen and oxygen atoms in total. The van der Waals surface area contributed by atoms with Gasteiger partial charge in [-0.2, -0.15) is 0 Å². The zero-order valence-electron chi connectivity index (χ0n) is 12.7. The number of rotatable bonds is 4. The molecule has 1 aliphatic carbocycles. The molecule has 1 heterocycles. The molecule has 0 aliphatic heterocycles. The normalized spacial score (nSPS) is 15.8. The minimum Gasteiger partial charge on any atom is -0.363 e. The van der Waals surface area contributed by atoms with Crippen LogP contribution in [0.1, 0.15) is 54.2 Å². The number of benzene rings is 1. The van der Waals surface area contributed by atoms with Crippen molar-refractivity contribution >= 4 is 17.4 Å². The van der Waals surface area contributed by atoms with E-state index in [-0.39, 0.29) is 6.04 Å². The summed E-state index contributed by atoms with van der Waals surface area (Å²) in [6, 6.07) is 8.73. The lowest BCUT2D eigenvalue weighted by Gasteiger charge is -2.18. The first-order valence-electron chi connectivity index (χ1n) is 7.41. The second-order valence-electron chi connectivity index (χ2n) is 5.90. The average molecular weight is 302 g/mol. The third-order valence-corrected chi connectivity index (χ3v) is 4.34. The van der Waals surface area contributed by atoms with Gasteiger partial charge in [-0.15, -0.1) is 0 Å². The molecule has 4 heteroatoms. The molecule has 1 atom stereocenters. The summed E-state index contributed by atoms with van der Waals surface area (Å²) in [5.74, 6) is 2.23. The fraction of sp³-hybridized carbons (Fsp3) is 0.412. The molecule has 0 saturated heterocycles. The van der Waals surface area contributed by atoms with Gasteiger partial charge in [0.05, 0.1) is 0 Å². The first kappa shape index (κ1) is 14.3. The predicted octanol–water partition coefficient (Wildman–Crippen LogP) is 4.80. The van der Waals surface area contributed by atoms with Crippen LogP contribution in [-0.4, -0.2) is 9.97 Å². The second-order valence-corrected chi connectivity index (χ2v) is 6.26. The Labute approximate surface area is 130 Å². The van der Waals surface area contributed by atoms with Crippen LogP contribution in [0.25, 0.3) is 0 Å². The standard InChI is InChI=1S/C17H20ClN3/c1-10-4-6-13(7-5-10)12(3)19-16-11(2)15(18)20-17(21-16)14-8-9-14/h4-7,12,14H,8-9H2,1-3H3,(H,19,20,21). The summed E-state index contributed by atoms with van der Waals surface area (Å²) in [5, 5.41) is 4.03. The van der Waals surface area contributed by atoms with Crippen LogP contribution in [0.4, 0.5) is 5.82 Å². The number of aromatic nitrogens is 2. The van der Waals surface area contributed by atoms with Gasteiger partial charge in [-0.1, -0.05) is 41.4 Å². The van der Waals surface area contributed by atoms with E-state index < -0.39 is 0 Å². The Hall–Kier alpha value is -1.61. The number of halogens is 1. The number of nitrogens with zero attached hydrogens (tertiary/aromatic N) is 2. The zero-order valence-corrected chi connectivity index (χ0v) is 13.4. The summed E-state index contributed by atoms with van der Waals surface area (Å²) in [7, 11) is 0. The molecule has 110 valence electrons. The average Bonchev–Trinajstić information content (AvgIpc) is 3.29. The minimum atomic E-state index is 0.183. The molecule has 1 N–H and O–H groups in total. The molecular weight excluding hydrogens is 282 g/mol. The predicted molar refractivity (Wildman–Crippen MR) is 87.0 cm³/mol. The maximum absolute atomic E-state index is 6.25. The smallest absolute Gasteiger partial charge is 0.137 e. The lowest BCUT2D eigenvalue weighted by Crippen LogP contribution is -2.11. The van der Waals surface area contributed by atoms with E-state index in [1.54, 1.807) is 0 Å². The van der Waals surface area contributed by atoms with Gasteiger partial charge in [0.1, 0.15) is 16.8 Å². The molecule has 1 fully saturated rings. The van der Waals surface area contributed by atoms with Crippen LogP contribution in [0.2, 0.25) is 5.15 Å². The number of aryl methyl sites for hydroxylation is 1. The van der Waals surface area contributed by atoms with Crippen LogP contribution in [-0.2, 0) is 0 Å². The maximum Gasteiger partial charge on any atom is 0.137 e. The summed E-state index contributed by atoms with van der Waals surface area (Å²) in [6.07, 6.45) is 2.35. The quantitative estimate of drug-likeness (QED) is 0.824. The van der Waals surface area contributed by atoms with Gasteiger partial charge < -0.3 is 5.32 Å². The molecule has 0 amide bonds. The molecule has 1 saturated carbocycles. The van der Waals surface area contributed by atoms with Gasteiger partial charge in [-0.3, -0.25) is 0 Å². The van der Waals surface area contributed by atoms with E-state index in [0.717, 1.165) is 17.2 Å². The number of nitrogens with one attached hydrogen (secondary N) is 1. The van der Waals surface area contributed by atoms with Gasteiger partial charge >= 0.3 is 0 Å². The SMILES string of the molecule is Cc1ccc(C(C)Nc2nc(C3CC3)nc(Cl)c2C)cc1. The molecule has 1 aromatic heterocycles. The molecule has 21 heavy (non-hydrogen) atoms. The van der Waals surface area contributed by atoms with E-state index >= 15 is 0 Å². The van der Waals surface area contributed by atoms with Crippen LogP contribution in [0, 0.1) is 13.8 Å². The van der Waals surface area contributed by atoms with E-state index in [0.29, 0.717) is 11.1 Å². The molecule has 3 rings (SSSR count). The first-order chi connectivity index (χ1) is 10.0. The Kier molecular flexibility index (Phi) is 3.85. The van der Waals surface area contributed by atoms with Gasteiger partial charge in [0.2, 0.25) is 0 Å². The maximum atomic E-state index is 6.25. The van der Waals surface area contributed by atoms with Crippen LogP contribution in [0.5, 0.6) is 0 Å². The van der Waals surface area contributed by atoms with Gasteiger partial charge in [-0.05, 0) is 39.2 Å². The lowest BCUT2D eigenvalue weighted by atomic mass is 10.1. The van der Waals surface area contributed by atoms with Crippen molar-refractivity contribution in [2.75, 3.05) is 5.32 Å². The topological polar surface area (TPSA) is 37.8 Å². The molecular formula is C17H20ClN3. The van der Waals surface area contributed by atoms with Gasteiger partial charge in [0.25, 0.3) is 0 Å². The Morgan fingerprint density at radius 3 is 2.43 bits per heavy atom. The molecule has 2 aromatic rings. The van der Waals surface area contributed by atoms with Crippen molar-refractivity contribution in [3.63, 3.8) is 0 Å². The molecule has 0 radical (unpaired) electrons. The Bertz CT molecular complexity index is 648. The molecule has 0 bridgehead atoms. The zero-order chi connectivity index (χ0) is 15.0. The van der Waals surface area contributed by atoms with E-state index in [4.69, 9.17) is 11.6 Å². The van der Waals surface area contributed by atoms with E-state index in [1.807, 2.05) is 6.92 Å². The molecule has 1 unspecified atom stereocenters. The summed E-state index contributed by atoms with van der Waals surface area (Å²) in [5.41, 5.74) is 3.42. The van der Waals surface area contributed by atoms with Crippen LogP contribution in [0.15, 0.2) is 24.3 Å². The largest absolute Gasteiger partial charge is 0.363 e. The van der Waals surface area contributed by atoms with E-state index in [2.05, 4.69) is 53.4 Å². The first-order valence-corrected chi connectivity index (χ1v) is 7.79. The second kappa shape index (κ2) is 5.64. The summed E-state index contributed by atoms with van der Waals surface area (Å²) >= 11 is 6.25. The van der Waals surface area contributed by atoms with Crippen LogP contribution in [0.3, 0.4) is 0 Å². The minimum absolute atomic E-state index is 0.183. The number of anilines is 1. The van der Waals surface area contributed by atoms with Gasteiger partial charge in [0, 0.05) is 17.5 Å². The van der Waals surface area contributed by atoms with Gasteiger partial charge in [0.15, 0.2) is 0 Å². The fourth-order valence-electron chi connectivity index (χ4n) is 2.31. The highest BCUT2D eigenvalue weighted by Gasteiger charge is 2.28. The Morgan fingerprint density at radius 2 is 1.81 bits per heavy atom. The Morgan fingerprint density at radius 1 is 1.14 bits per heavy atom. The fourth-order valence-corrected chi connectivity index (χ4v) is 2.49. The van der Waals surface area contributed by atoms with Crippen molar-refractivity contribution in [3.8, 4) is 0 Å². The molecule has 1 aromatic carbocycles. The highest BCUT2D eigenvalue weighted by molar-refractivity contribution is 6.30. The van der Waals surface area contributed by atoms with Crippen LogP contribution >= 0.6 is 11.6 Å². The number of hydrogen-bond donors (Lipinski definition) is 1. The van der Waals surface area contributed by atoms with Gasteiger partial charge in [-0.25, -0.2) is 9.97 Å². The third kappa shape index (κ3) is 3.18. The van der Waals surface area contributed by atoms with Crippen molar-refractivity contribution in [2.45, 2.75) is 45.6 Å². The lowest BCUT2D eigenvalue weighted by molar-refractivity contribution is 0.848. The van der Waals surface area contributed by atoms with Crippen molar-refractivity contribution in [1.29, 1.82) is 0 Å². The van der Waals surface area contributed by atoms with Crippen molar-refractivity contribution < 1.29 is 0 Å². The summed E-state index contributed by atoms with van der Waals surface area (Å²) < 4.78 is 0. The highest BCUT2D eigenvalue weighted by Crippen LogP contribution is 2.39.